The summed E-state index contributed by atoms with van der Waals surface area (Å²) in [6, 6.07) is 8.10. The normalized spacial score (nSPS) is 12.3. The molecule has 0 saturated carbocycles. The van der Waals surface area contributed by atoms with Crippen LogP contribution in [0.25, 0.3) is 10.9 Å². The Bertz CT molecular complexity index is 477. The summed E-state index contributed by atoms with van der Waals surface area (Å²) in [4.78, 5) is 3.40. The monoisotopic (exact) mass is 203 g/mol. The van der Waals surface area contributed by atoms with Crippen molar-refractivity contribution in [3.63, 3.8) is 0 Å². The summed E-state index contributed by atoms with van der Waals surface area (Å²) in [7, 11) is 0. The molecule has 80 valence electrons. The Hall–Kier alpha value is -1.28. The van der Waals surface area contributed by atoms with Crippen LogP contribution in [-0.4, -0.2) is 10.1 Å². The Kier molecular flexibility index (Phi) is 2.31. The van der Waals surface area contributed by atoms with Crippen LogP contribution in [0.2, 0.25) is 0 Å². The highest BCUT2D eigenvalue weighted by molar-refractivity contribution is 5.84. The van der Waals surface area contributed by atoms with Crippen LogP contribution in [0.1, 0.15) is 32.0 Å². The fraction of sp³-hybridized carbons (Fsp3) is 0.385. The molecule has 1 heterocycles. The Morgan fingerprint density at radius 1 is 1.20 bits per heavy atom. The molecule has 0 saturated heterocycles. The maximum absolute atomic E-state index is 9.45. The van der Waals surface area contributed by atoms with Gasteiger partial charge in [0.05, 0.1) is 6.61 Å². The lowest BCUT2D eigenvalue weighted by atomic mass is 9.89. The van der Waals surface area contributed by atoms with Crippen LogP contribution in [-0.2, 0) is 12.0 Å². The van der Waals surface area contributed by atoms with E-state index in [0.717, 1.165) is 22.2 Å². The molecule has 0 unspecified atom stereocenters. The number of fused-ring (bicyclic) bond motifs is 1. The smallest absolute Gasteiger partial charge is 0.0705 e. The van der Waals surface area contributed by atoms with Crippen LogP contribution >= 0.6 is 0 Å². The molecule has 1 aromatic carbocycles. The molecule has 2 rings (SSSR count). The van der Waals surface area contributed by atoms with E-state index < -0.39 is 0 Å². The Morgan fingerprint density at radius 2 is 1.87 bits per heavy atom. The summed E-state index contributed by atoms with van der Waals surface area (Å²) in [5.41, 5.74) is 3.30. The number of rotatable bonds is 1. The van der Waals surface area contributed by atoms with E-state index in [4.69, 9.17) is 0 Å². The van der Waals surface area contributed by atoms with Crippen molar-refractivity contribution in [2.45, 2.75) is 32.8 Å². The Balaban J connectivity index is 2.75. The molecule has 0 atom stereocenters. The zero-order chi connectivity index (χ0) is 11.1. The van der Waals surface area contributed by atoms with Crippen molar-refractivity contribution in [2.24, 2.45) is 0 Å². The molecular weight excluding hydrogens is 186 g/mol. The molecule has 2 nitrogen and oxygen atoms in total. The number of benzene rings is 1. The maximum atomic E-state index is 9.45. The molecule has 15 heavy (non-hydrogen) atoms. The zero-order valence-electron chi connectivity index (χ0n) is 9.46. The van der Waals surface area contributed by atoms with Crippen molar-refractivity contribution in [1.29, 1.82) is 0 Å². The summed E-state index contributed by atoms with van der Waals surface area (Å²) in [5, 5.41) is 10.6. The highest BCUT2D eigenvalue weighted by atomic mass is 16.3. The Morgan fingerprint density at radius 3 is 2.47 bits per heavy atom. The van der Waals surface area contributed by atoms with Gasteiger partial charge in [-0.2, -0.15) is 0 Å². The van der Waals surface area contributed by atoms with Gasteiger partial charge in [0.25, 0.3) is 0 Å². The third-order valence-corrected chi connectivity index (χ3v) is 2.72. The van der Waals surface area contributed by atoms with Gasteiger partial charge in [-0.1, -0.05) is 39.0 Å². The van der Waals surface area contributed by atoms with Gasteiger partial charge in [-0.05, 0) is 6.07 Å². The molecule has 0 bridgehead atoms. The number of aromatic nitrogens is 1. The molecule has 2 N–H and O–H groups in total. The van der Waals surface area contributed by atoms with Crippen molar-refractivity contribution in [3.8, 4) is 0 Å². The third kappa shape index (κ3) is 1.65. The van der Waals surface area contributed by atoms with Crippen LogP contribution in [0, 0.1) is 0 Å². The average Bonchev–Trinajstić information content (AvgIpc) is 2.55. The highest BCUT2D eigenvalue weighted by Crippen LogP contribution is 2.30. The van der Waals surface area contributed by atoms with Crippen molar-refractivity contribution in [2.75, 3.05) is 0 Å². The first-order valence-corrected chi connectivity index (χ1v) is 5.25. The van der Waals surface area contributed by atoms with Crippen LogP contribution < -0.4 is 0 Å². The number of aliphatic hydroxyl groups excluding tert-OH is 1. The number of aliphatic hydroxyl groups is 1. The summed E-state index contributed by atoms with van der Waals surface area (Å²) in [5.74, 6) is 0. The average molecular weight is 203 g/mol. The molecule has 2 heteroatoms. The number of nitrogens with one attached hydrogen (secondary N) is 1. The van der Waals surface area contributed by atoms with Gasteiger partial charge in [-0.3, -0.25) is 0 Å². The van der Waals surface area contributed by atoms with Crippen LogP contribution in [0.3, 0.4) is 0 Å². The van der Waals surface area contributed by atoms with Crippen molar-refractivity contribution in [3.05, 3.63) is 35.5 Å². The number of hydrogen-bond donors (Lipinski definition) is 2. The number of hydrogen-bond acceptors (Lipinski definition) is 1. The minimum atomic E-state index is 0.0388. The van der Waals surface area contributed by atoms with Gasteiger partial charge >= 0.3 is 0 Å². The predicted molar refractivity (Wildman–Crippen MR) is 62.9 cm³/mol. The number of H-pyrrole nitrogens is 1. The minimum absolute atomic E-state index is 0.0388. The molecule has 0 aliphatic heterocycles. The van der Waals surface area contributed by atoms with Gasteiger partial charge in [0.15, 0.2) is 0 Å². The van der Waals surface area contributed by atoms with E-state index in [2.05, 4.69) is 25.8 Å². The second-order valence-electron chi connectivity index (χ2n) is 4.93. The quantitative estimate of drug-likeness (QED) is 0.734. The summed E-state index contributed by atoms with van der Waals surface area (Å²) in [6.45, 7) is 6.54. The van der Waals surface area contributed by atoms with E-state index in [1.165, 1.54) is 0 Å². The van der Waals surface area contributed by atoms with Gasteiger partial charge in [-0.25, -0.2) is 0 Å². The highest BCUT2D eigenvalue weighted by Gasteiger charge is 2.21. The first-order valence-electron chi connectivity index (χ1n) is 5.25. The molecule has 0 aliphatic carbocycles. The van der Waals surface area contributed by atoms with Gasteiger partial charge in [-0.15, -0.1) is 0 Å². The van der Waals surface area contributed by atoms with Gasteiger partial charge in [0, 0.05) is 27.6 Å². The van der Waals surface area contributed by atoms with Crippen molar-refractivity contribution >= 4 is 10.9 Å². The topological polar surface area (TPSA) is 36.0 Å². The summed E-state index contributed by atoms with van der Waals surface area (Å²) in [6.07, 6.45) is 0. The number of aromatic amines is 1. The first kappa shape index (κ1) is 10.2. The molecule has 2 aromatic rings. The third-order valence-electron chi connectivity index (χ3n) is 2.72. The zero-order valence-corrected chi connectivity index (χ0v) is 9.46. The van der Waals surface area contributed by atoms with Gasteiger partial charge in [0.2, 0.25) is 0 Å². The van der Waals surface area contributed by atoms with Crippen molar-refractivity contribution in [1.82, 2.24) is 4.98 Å². The first-order chi connectivity index (χ1) is 7.04. The van der Waals surface area contributed by atoms with E-state index >= 15 is 0 Å². The van der Waals surface area contributed by atoms with E-state index in [9.17, 15) is 5.11 Å². The van der Waals surface area contributed by atoms with Crippen LogP contribution in [0.5, 0.6) is 0 Å². The fourth-order valence-corrected chi connectivity index (χ4v) is 2.00. The SMILES string of the molecule is CC(C)(C)c1[nH]c2ccccc2c1CO. The lowest BCUT2D eigenvalue weighted by molar-refractivity contribution is 0.280. The minimum Gasteiger partial charge on any atom is -0.392 e. The molecule has 0 amide bonds. The van der Waals surface area contributed by atoms with E-state index in [0.29, 0.717) is 0 Å². The molecule has 0 spiro atoms. The molecular formula is C13H17NO. The lowest BCUT2D eigenvalue weighted by Crippen LogP contribution is -2.14. The second kappa shape index (κ2) is 3.38. The summed E-state index contributed by atoms with van der Waals surface area (Å²) < 4.78 is 0. The van der Waals surface area contributed by atoms with Crippen LogP contribution in [0.15, 0.2) is 24.3 Å². The van der Waals surface area contributed by atoms with E-state index in [-0.39, 0.29) is 12.0 Å². The van der Waals surface area contributed by atoms with Crippen LogP contribution in [0.4, 0.5) is 0 Å². The molecule has 0 radical (unpaired) electrons. The van der Waals surface area contributed by atoms with Gasteiger partial charge in [0.1, 0.15) is 0 Å². The van der Waals surface area contributed by atoms with E-state index in [1.54, 1.807) is 0 Å². The molecule has 0 fully saturated rings. The van der Waals surface area contributed by atoms with Crippen molar-refractivity contribution < 1.29 is 5.11 Å². The maximum Gasteiger partial charge on any atom is 0.0705 e. The second-order valence-corrected chi connectivity index (χ2v) is 4.93. The lowest BCUT2D eigenvalue weighted by Gasteiger charge is -2.18. The predicted octanol–water partition coefficient (Wildman–Crippen LogP) is 2.96. The number of para-hydroxylation sites is 1. The standard InChI is InChI=1S/C13H17NO/c1-13(2,3)12-10(8-15)9-6-4-5-7-11(9)14-12/h4-7,14-15H,8H2,1-3H3. The Labute approximate surface area is 89.9 Å². The largest absolute Gasteiger partial charge is 0.392 e. The molecule has 1 aromatic heterocycles. The van der Waals surface area contributed by atoms with E-state index in [1.807, 2.05) is 24.3 Å². The fourth-order valence-electron chi connectivity index (χ4n) is 2.00. The molecule has 0 aliphatic rings. The summed E-state index contributed by atoms with van der Waals surface area (Å²) >= 11 is 0. The van der Waals surface area contributed by atoms with Gasteiger partial charge < -0.3 is 10.1 Å².